The number of nitrogens with one attached hydrogen (secondary N) is 1. The van der Waals surface area contributed by atoms with Gasteiger partial charge in [0.1, 0.15) is 5.75 Å². The Hall–Kier alpha value is -1.10. The molecule has 0 fully saturated rings. The van der Waals surface area contributed by atoms with E-state index in [9.17, 15) is 0 Å². The van der Waals surface area contributed by atoms with Crippen LogP contribution in [-0.2, 0) is 9.47 Å². The Kier molecular flexibility index (Phi) is 9.04. The normalized spacial score (nSPS) is 12.3. The molecule has 0 radical (unpaired) electrons. The van der Waals surface area contributed by atoms with Gasteiger partial charge in [0, 0.05) is 26.2 Å². The van der Waals surface area contributed by atoms with Crippen molar-refractivity contribution >= 4 is 0 Å². The van der Waals surface area contributed by atoms with Crippen LogP contribution < -0.4 is 10.1 Å². The van der Waals surface area contributed by atoms with E-state index in [4.69, 9.17) is 14.2 Å². The van der Waals surface area contributed by atoms with Crippen LogP contribution >= 0.6 is 0 Å². The molecule has 0 amide bonds. The molecule has 0 spiro atoms. The average molecular weight is 281 g/mol. The second kappa shape index (κ2) is 10.7. The zero-order valence-electron chi connectivity index (χ0n) is 12.9. The standard InChI is InChI=1S/C16H27NO3/c1-4-16(17-2)14-6-8-15(9-7-14)20-11-5-10-19-13-12-18-3/h6-9,16-17H,4-5,10-13H2,1-3H3. The number of hydrogen-bond donors (Lipinski definition) is 1. The summed E-state index contributed by atoms with van der Waals surface area (Å²) in [6, 6.07) is 8.71. The number of hydrogen-bond acceptors (Lipinski definition) is 4. The minimum absolute atomic E-state index is 0.415. The maximum Gasteiger partial charge on any atom is 0.119 e. The zero-order valence-corrected chi connectivity index (χ0v) is 12.9. The van der Waals surface area contributed by atoms with Crippen molar-refractivity contribution in [2.75, 3.05) is 40.6 Å². The van der Waals surface area contributed by atoms with E-state index in [1.807, 2.05) is 19.2 Å². The van der Waals surface area contributed by atoms with Crippen LogP contribution in [0.4, 0.5) is 0 Å². The van der Waals surface area contributed by atoms with Gasteiger partial charge < -0.3 is 19.5 Å². The molecular formula is C16H27NO3. The summed E-state index contributed by atoms with van der Waals surface area (Å²) in [5, 5.41) is 3.30. The van der Waals surface area contributed by atoms with Gasteiger partial charge in [-0.1, -0.05) is 19.1 Å². The van der Waals surface area contributed by atoms with E-state index in [1.165, 1.54) is 5.56 Å². The van der Waals surface area contributed by atoms with Crippen molar-refractivity contribution in [1.82, 2.24) is 5.32 Å². The molecule has 20 heavy (non-hydrogen) atoms. The molecule has 0 aromatic heterocycles. The molecule has 1 aromatic rings. The number of rotatable bonds is 11. The van der Waals surface area contributed by atoms with Crippen LogP contribution in [-0.4, -0.2) is 40.6 Å². The molecule has 4 heteroatoms. The highest BCUT2D eigenvalue weighted by molar-refractivity contribution is 5.29. The SMILES string of the molecule is CCC(NC)c1ccc(OCCCOCCOC)cc1. The maximum atomic E-state index is 5.68. The highest BCUT2D eigenvalue weighted by atomic mass is 16.5. The lowest BCUT2D eigenvalue weighted by atomic mass is 10.1. The molecule has 1 aromatic carbocycles. The number of benzene rings is 1. The molecular weight excluding hydrogens is 254 g/mol. The van der Waals surface area contributed by atoms with Crippen LogP contribution in [0.1, 0.15) is 31.4 Å². The van der Waals surface area contributed by atoms with Gasteiger partial charge in [-0.05, 0) is 31.2 Å². The quantitative estimate of drug-likeness (QED) is 0.633. The van der Waals surface area contributed by atoms with E-state index < -0.39 is 0 Å². The predicted octanol–water partition coefficient (Wildman–Crippen LogP) is 2.79. The molecule has 1 atom stereocenters. The van der Waals surface area contributed by atoms with Crippen molar-refractivity contribution in [3.63, 3.8) is 0 Å². The Balaban J connectivity index is 2.21. The summed E-state index contributed by atoms with van der Waals surface area (Å²) in [5.74, 6) is 0.914. The molecule has 0 aliphatic carbocycles. The van der Waals surface area contributed by atoms with Crippen LogP contribution in [0, 0.1) is 0 Å². The van der Waals surface area contributed by atoms with Crippen molar-refractivity contribution < 1.29 is 14.2 Å². The molecule has 0 bridgehead atoms. The molecule has 0 saturated carbocycles. The smallest absolute Gasteiger partial charge is 0.119 e. The molecule has 0 aliphatic rings. The average Bonchev–Trinajstić information content (AvgIpc) is 2.49. The predicted molar refractivity (Wildman–Crippen MR) is 81.3 cm³/mol. The molecule has 0 heterocycles. The minimum atomic E-state index is 0.415. The molecule has 1 rings (SSSR count). The lowest BCUT2D eigenvalue weighted by Gasteiger charge is -2.14. The summed E-state index contributed by atoms with van der Waals surface area (Å²) in [6.45, 7) is 4.85. The third-order valence-corrected chi connectivity index (χ3v) is 3.17. The highest BCUT2D eigenvalue weighted by Crippen LogP contribution is 2.19. The van der Waals surface area contributed by atoms with Gasteiger partial charge in [-0.25, -0.2) is 0 Å². The Morgan fingerprint density at radius 3 is 2.40 bits per heavy atom. The van der Waals surface area contributed by atoms with Crippen molar-refractivity contribution in [3.05, 3.63) is 29.8 Å². The van der Waals surface area contributed by atoms with Crippen molar-refractivity contribution in [2.45, 2.75) is 25.8 Å². The maximum absolute atomic E-state index is 5.68. The monoisotopic (exact) mass is 281 g/mol. The summed E-state index contributed by atoms with van der Waals surface area (Å²) in [7, 11) is 3.66. The van der Waals surface area contributed by atoms with Crippen LogP contribution in [0.5, 0.6) is 5.75 Å². The first-order valence-corrected chi connectivity index (χ1v) is 7.28. The Morgan fingerprint density at radius 1 is 1.05 bits per heavy atom. The fourth-order valence-electron chi connectivity index (χ4n) is 2.00. The summed E-state index contributed by atoms with van der Waals surface area (Å²) in [5.41, 5.74) is 1.30. The summed E-state index contributed by atoms with van der Waals surface area (Å²) >= 11 is 0. The van der Waals surface area contributed by atoms with E-state index in [2.05, 4.69) is 24.4 Å². The van der Waals surface area contributed by atoms with Gasteiger partial charge in [0.25, 0.3) is 0 Å². The first-order valence-electron chi connectivity index (χ1n) is 7.28. The van der Waals surface area contributed by atoms with Gasteiger partial charge in [-0.2, -0.15) is 0 Å². The van der Waals surface area contributed by atoms with E-state index in [-0.39, 0.29) is 0 Å². The van der Waals surface area contributed by atoms with Crippen molar-refractivity contribution in [1.29, 1.82) is 0 Å². The fraction of sp³-hybridized carbons (Fsp3) is 0.625. The lowest BCUT2D eigenvalue weighted by Crippen LogP contribution is -2.14. The van der Waals surface area contributed by atoms with Gasteiger partial charge in [-0.15, -0.1) is 0 Å². The van der Waals surface area contributed by atoms with Gasteiger partial charge >= 0.3 is 0 Å². The first-order chi connectivity index (χ1) is 9.81. The van der Waals surface area contributed by atoms with E-state index in [0.29, 0.717) is 32.5 Å². The van der Waals surface area contributed by atoms with Gasteiger partial charge in [0.15, 0.2) is 0 Å². The zero-order chi connectivity index (χ0) is 14.6. The highest BCUT2D eigenvalue weighted by Gasteiger charge is 2.05. The Bertz CT molecular complexity index is 336. The molecule has 0 saturated heterocycles. The molecule has 114 valence electrons. The van der Waals surface area contributed by atoms with Crippen LogP contribution in [0.2, 0.25) is 0 Å². The molecule has 0 aliphatic heterocycles. The molecule has 1 N–H and O–H groups in total. The topological polar surface area (TPSA) is 39.7 Å². The van der Waals surface area contributed by atoms with Crippen LogP contribution in [0.3, 0.4) is 0 Å². The summed E-state index contributed by atoms with van der Waals surface area (Å²) in [4.78, 5) is 0. The van der Waals surface area contributed by atoms with Gasteiger partial charge in [-0.3, -0.25) is 0 Å². The largest absolute Gasteiger partial charge is 0.494 e. The second-order valence-corrected chi connectivity index (χ2v) is 4.63. The number of methoxy groups -OCH3 is 1. The first kappa shape index (κ1) is 17.0. The van der Waals surface area contributed by atoms with Gasteiger partial charge in [0.2, 0.25) is 0 Å². The van der Waals surface area contributed by atoms with E-state index in [1.54, 1.807) is 7.11 Å². The van der Waals surface area contributed by atoms with Crippen LogP contribution in [0.25, 0.3) is 0 Å². The fourth-order valence-corrected chi connectivity index (χ4v) is 2.00. The summed E-state index contributed by atoms with van der Waals surface area (Å²) < 4.78 is 16.0. The lowest BCUT2D eigenvalue weighted by molar-refractivity contribution is 0.0644. The summed E-state index contributed by atoms with van der Waals surface area (Å²) in [6.07, 6.45) is 1.97. The van der Waals surface area contributed by atoms with E-state index in [0.717, 1.165) is 18.6 Å². The molecule has 4 nitrogen and oxygen atoms in total. The van der Waals surface area contributed by atoms with Crippen molar-refractivity contribution in [3.8, 4) is 5.75 Å². The molecule has 1 unspecified atom stereocenters. The third-order valence-electron chi connectivity index (χ3n) is 3.17. The number of ether oxygens (including phenoxy) is 3. The third kappa shape index (κ3) is 6.37. The van der Waals surface area contributed by atoms with Crippen molar-refractivity contribution in [2.24, 2.45) is 0 Å². The van der Waals surface area contributed by atoms with E-state index >= 15 is 0 Å². The Labute approximate surface area is 122 Å². The minimum Gasteiger partial charge on any atom is -0.494 e. The Morgan fingerprint density at radius 2 is 1.80 bits per heavy atom. The van der Waals surface area contributed by atoms with Gasteiger partial charge in [0.05, 0.1) is 19.8 Å². The second-order valence-electron chi connectivity index (χ2n) is 4.63. The van der Waals surface area contributed by atoms with Crippen LogP contribution in [0.15, 0.2) is 24.3 Å².